The number of carbonyl (C=O) groups excluding carboxylic acids is 1. The van der Waals surface area contributed by atoms with Gasteiger partial charge in [0.1, 0.15) is 5.75 Å². The van der Waals surface area contributed by atoms with E-state index in [0.717, 1.165) is 16.9 Å². The molecule has 0 fully saturated rings. The topological polar surface area (TPSA) is 80.5 Å². The molecule has 140 valence electrons. The van der Waals surface area contributed by atoms with Crippen molar-refractivity contribution in [2.75, 3.05) is 37.2 Å². The third kappa shape index (κ3) is 5.01. The molecule has 1 amide bonds. The summed E-state index contributed by atoms with van der Waals surface area (Å²) in [7, 11) is 5.53. The number of rotatable bonds is 7. The average Bonchev–Trinajstić information content (AvgIpc) is 3.16. The molecule has 0 radical (unpaired) electrons. The summed E-state index contributed by atoms with van der Waals surface area (Å²) in [5.74, 6) is 1.13. The summed E-state index contributed by atoms with van der Waals surface area (Å²) in [5.41, 5.74) is 2.58. The van der Waals surface area contributed by atoms with Crippen LogP contribution in [0.4, 0.5) is 11.4 Å². The van der Waals surface area contributed by atoms with Crippen molar-refractivity contribution in [3.8, 4) is 17.2 Å². The second-order valence-corrected chi connectivity index (χ2v) is 6.81. The Morgan fingerprint density at radius 1 is 1.19 bits per heavy atom. The molecule has 0 atom stereocenters. The van der Waals surface area contributed by atoms with Crippen LogP contribution in [0.25, 0.3) is 11.5 Å². The standard InChI is InChI=1S/C19H20N4O3S/c1-23(2)15-9-7-14(8-10-15)20-17(24)12-27-19-22-21-18(26-19)13-5-4-6-16(11-13)25-3/h4-11H,12H2,1-3H3,(H,20,24). The zero-order valence-electron chi connectivity index (χ0n) is 15.3. The number of nitrogens with one attached hydrogen (secondary N) is 1. The Morgan fingerprint density at radius 2 is 1.96 bits per heavy atom. The molecule has 1 N–H and O–H groups in total. The lowest BCUT2D eigenvalue weighted by molar-refractivity contribution is -0.113. The van der Waals surface area contributed by atoms with Gasteiger partial charge in [-0.15, -0.1) is 10.2 Å². The zero-order chi connectivity index (χ0) is 19.2. The van der Waals surface area contributed by atoms with E-state index in [1.54, 1.807) is 7.11 Å². The van der Waals surface area contributed by atoms with Gasteiger partial charge in [0.05, 0.1) is 12.9 Å². The normalized spacial score (nSPS) is 10.5. The molecule has 8 heteroatoms. The number of nitrogens with zero attached hydrogens (tertiary/aromatic N) is 3. The molecule has 0 saturated heterocycles. The van der Waals surface area contributed by atoms with Gasteiger partial charge in [-0.05, 0) is 42.5 Å². The van der Waals surface area contributed by atoms with E-state index in [-0.39, 0.29) is 11.7 Å². The Labute approximate surface area is 161 Å². The molecule has 0 aliphatic heterocycles. The highest BCUT2D eigenvalue weighted by Crippen LogP contribution is 2.26. The van der Waals surface area contributed by atoms with Crippen molar-refractivity contribution in [3.63, 3.8) is 0 Å². The second-order valence-electron chi connectivity index (χ2n) is 5.88. The molecule has 0 bridgehead atoms. The van der Waals surface area contributed by atoms with Crippen LogP contribution in [0.5, 0.6) is 5.75 Å². The lowest BCUT2D eigenvalue weighted by Crippen LogP contribution is -2.14. The molecule has 0 unspecified atom stereocenters. The number of ether oxygens (including phenoxy) is 1. The maximum atomic E-state index is 12.1. The Balaban J connectivity index is 1.55. The summed E-state index contributed by atoms with van der Waals surface area (Å²) in [6.07, 6.45) is 0. The lowest BCUT2D eigenvalue weighted by Gasteiger charge is -2.12. The Bertz CT molecular complexity index is 909. The van der Waals surface area contributed by atoms with Crippen LogP contribution >= 0.6 is 11.8 Å². The molecule has 7 nitrogen and oxygen atoms in total. The van der Waals surface area contributed by atoms with Crippen molar-refractivity contribution >= 4 is 29.0 Å². The van der Waals surface area contributed by atoms with Crippen molar-refractivity contribution in [2.45, 2.75) is 5.22 Å². The first-order valence-corrected chi connectivity index (χ1v) is 9.21. The third-order valence-electron chi connectivity index (χ3n) is 3.72. The maximum absolute atomic E-state index is 12.1. The minimum atomic E-state index is -0.140. The van der Waals surface area contributed by atoms with Gasteiger partial charge in [0.2, 0.25) is 11.8 Å². The number of hydrogen-bond acceptors (Lipinski definition) is 7. The van der Waals surface area contributed by atoms with Crippen molar-refractivity contribution < 1.29 is 13.9 Å². The molecule has 3 rings (SSSR count). The van der Waals surface area contributed by atoms with Crippen molar-refractivity contribution in [2.24, 2.45) is 0 Å². The number of aromatic nitrogens is 2. The first kappa shape index (κ1) is 18.8. The predicted molar refractivity (Wildman–Crippen MR) is 106 cm³/mol. The summed E-state index contributed by atoms with van der Waals surface area (Å²) >= 11 is 1.19. The molecule has 27 heavy (non-hydrogen) atoms. The highest BCUT2D eigenvalue weighted by atomic mass is 32.2. The fraction of sp³-hybridized carbons (Fsp3) is 0.211. The van der Waals surface area contributed by atoms with E-state index in [1.807, 2.05) is 67.5 Å². The number of methoxy groups -OCH3 is 1. The summed E-state index contributed by atoms with van der Waals surface area (Å²) in [6.45, 7) is 0. The molecule has 0 spiro atoms. The molecule has 0 aliphatic carbocycles. The van der Waals surface area contributed by atoms with Gasteiger partial charge < -0.3 is 19.4 Å². The van der Waals surface area contributed by atoms with Crippen LogP contribution in [0.15, 0.2) is 58.2 Å². The quantitative estimate of drug-likeness (QED) is 0.624. The van der Waals surface area contributed by atoms with Crippen LogP contribution in [-0.4, -0.2) is 43.1 Å². The van der Waals surface area contributed by atoms with Gasteiger partial charge in [-0.25, -0.2) is 0 Å². The number of hydrogen-bond donors (Lipinski definition) is 1. The lowest BCUT2D eigenvalue weighted by atomic mass is 10.2. The third-order valence-corrected chi connectivity index (χ3v) is 4.54. The van der Waals surface area contributed by atoms with Crippen LogP contribution < -0.4 is 15.0 Å². The van der Waals surface area contributed by atoms with Gasteiger partial charge >= 0.3 is 0 Å². The SMILES string of the molecule is COc1cccc(-c2nnc(SCC(=O)Nc3ccc(N(C)C)cc3)o2)c1. The Hall–Kier alpha value is -3.00. The van der Waals surface area contributed by atoms with E-state index in [2.05, 4.69) is 15.5 Å². The minimum Gasteiger partial charge on any atom is -0.497 e. The first-order valence-electron chi connectivity index (χ1n) is 8.23. The van der Waals surface area contributed by atoms with Crippen molar-refractivity contribution in [1.82, 2.24) is 10.2 Å². The van der Waals surface area contributed by atoms with E-state index in [0.29, 0.717) is 16.9 Å². The number of carbonyl (C=O) groups is 1. The van der Waals surface area contributed by atoms with Gasteiger partial charge in [0, 0.05) is 31.0 Å². The van der Waals surface area contributed by atoms with E-state index in [4.69, 9.17) is 9.15 Å². The maximum Gasteiger partial charge on any atom is 0.277 e. The summed E-state index contributed by atoms with van der Waals surface area (Å²) in [5, 5.41) is 11.2. The van der Waals surface area contributed by atoms with E-state index < -0.39 is 0 Å². The minimum absolute atomic E-state index is 0.140. The molecule has 0 saturated carbocycles. The van der Waals surface area contributed by atoms with Crippen LogP contribution in [0.2, 0.25) is 0 Å². The highest BCUT2D eigenvalue weighted by Gasteiger charge is 2.12. The van der Waals surface area contributed by atoms with Crippen LogP contribution in [0.1, 0.15) is 0 Å². The molecule has 2 aromatic carbocycles. The predicted octanol–water partition coefficient (Wildman–Crippen LogP) is 3.54. The monoisotopic (exact) mass is 384 g/mol. The first-order chi connectivity index (χ1) is 13.0. The number of benzene rings is 2. The highest BCUT2D eigenvalue weighted by molar-refractivity contribution is 7.99. The van der Waals surface area contributed by atoms with E-state index >= 15 is 0 Å². The van der Waals surface area contributed by atoms with Gasteiger partial charge in [-0.1, -0.05) is 17.8 Å². The smallest absolute Gasteiger partial charge is 0.277 e. The average molecular weight is 384 g/mol. The van der Waals surface area contributed by atoms with Crippen molar-refractivity contribution in [1.29, 1.82) is 0 Å². The summed E-state index contributed by atoms with van der Waals surface area (Å²) in [4.78, 5) is 14.1. The van der Waals surface area contributed by atoms with E-state index in [9.17, 15) is 4.79 Å². The van der Waals surface area contributed by atoms with Gasteiger partial charge in [0.15, 0.2) is 0 Å². The zero-order valence-corrected chi connectivity index (χ0v) is 16.1. The second kappa shape index (κ2) is 8.59. The summed E-state index contributed by atoms with van der Waals surface area (Å²) in [6, 6.07) is 15.0. The molecular weight excluding hydrogens is 364 g/mol. The fourth-order valence-corrected chi connectivity index (χ4v) is 2.87. The van der Waals surface area contributed by atoms with Gasteiger partial charge in [0.25, 0.3) is 5.22 Å². The van der Waals surface area contributed by atoms with Gasteiger partial charge in [-0.2, -0.15) is 0 Å². The van der Waals surface area contributed by atoms with Crippen LogP contribution in [0.3, 0.4) is 0 Å². The van der Waals surface area contributed by atoms with Crippen LogP contribution in [0, 0.1) is 0 Å². The molecule has 3 aromatic rings. The number of amides is 1. The van der Waals surface area contributed by atoms with Crippen LogP contribution in [-0.2, 0) is 4.79 Å². The van der Waals surface area contributed by atoms with Gasteiger partial charge in [-0.3, -0.25) is 4.79 Å². The molecule has 1 aromatic heterocycles. The molecule has 0 aliphatic rings. The largest absolute Gasteiger partial charge is 0.497 e. The molecule has 1 heterocycles. The molecular formula is C19H20N4O3S. The fourth-order valence-electron chi connectivity index (χ4n) is 2.31. The number of thioether (sulfide) groups is 1. The number of anilines is 2. The Kier molecular flexibility index (Phi) is 5.97. The van der Waals surface area contributed by atoms with E-state index in [1.165, 1.54) is 11.8 Å². The van der Waals surface area contributed by atoms with Crippen molar-refractivity contribution in [3.05, 3.63) is 48.5 Å². The Morgan fingerprint density at radius 3 is 2.67 bits per heavy atom. The summed E-state index contributed by atoms with van der Waals surface area (Å²) < 4.78 is 10.8.